The van der Waals surface area contributed by atoms with Crippen molar-refractivity contribution in [3.63, 3.8) is 0 Å². The van der Waals surface area contributed by atoms with Crippen LogP contribution >= 0.6 is 11.6 Å². The average molecular weight is 282 g/mol. The molecule has 0 aliphatic carbocycles. The Morgan fingerprint density at radius 1 is 1.28 bits per heavy atom. The lowest BCUT2D eigenvalue weighted by Crippen LogP contribution is -2.39. The van der Waals surface area contributed by atoms with Gasteiger partial charge in [-0.1, -0.05) is 13.8 Å². The molecule has 0 spiro atoms. The summed E-state index contributed by atoms with van der Waals surface area (Å²) in [7, 11) is 0. The van der Waals surface area contributed by atoms with Gasteiger partial charge in [-0.15, -0.1) is 11.6 Å². The molecule has 0 aromatic carbocycles. The van der Waals surface area contributed by atoms with Crippen LogP contribution in [0.4, 0.5) is 19.1 Å². The monoisotopic (exact) mass is 281 g/mol. The highest BCUT2D eigenvalue weighted by Crippen LogP contribution is 2.28. The lowest BCUT2D eigenvalue weighted by molar-refractivity contribution is -0.141. The van der Waals surface area contributed by atoms with E-state index in [2.05, 4.69) is 15.3 Å². The van der Waals surface area contributed by atoms with Gasteiger partial charge in [0.05, 0.1) is 5.54 Å². The van der Waals surface area contributed by atoms with Crippen LogP contribution in [0, 0.1) is 0 Å². The van der Waals surface area contributed by atoms with Crippen molar-refractivity contribution >= 4 is 17.5 Å². The Kier molecular flexibility index (Phi) is 4.78. The van der Waals surface area contributed by atoms with Crippen LogP contribution in [-0.2, 0) is 6.18 Å². The van der Waals surface area contributed by atoms with Crippen LogP contribution in [0.25, 0.3) is 0 Å². The Bertz CT molecular complexity index is 383. The highest BCUT2D eigenvalue weighted by Gasteiger charge is 2.33. The molecule has 0 saturated heterocycles. The van der Waals surface area contributed by atoms with Crippen LogP contribution < -0.4 is 5.32 Å². The molecule has 1 heterocycles. The van der Waals surface area contributed by atoms with Gasteiger partial charge in [-0.2, -0.15) is 13.2 Å². The minimum atomic E-state index is -4.47. The molecule has 0 radical (unpaired) electrons. The largest absolute Gasteiger partial charge is 0.433 e. The van der Waals surface area contributed by atoms with Crippen molar-refractivity contribution in [2.24, 2.45) is 0 Å². The van der Waals surface area contributed by atoms with E-state index in [1.54, 1.807) is 0 Å². The zero-order valence-corrected chi connectivity index (χ0v) is 10.9. The summed E-state index contributed by atoms with van der Waals surface area (Å²) in [5, 5.41) is 2.90. The Hall–Kier alpha value is -1.04. The molecule has 18 heavy (non-hydrogen) atoms. The first-order valence-electron chi connectivity index (χ1n) is 5.61. The molecular weight excluding hydrogens is 267 g/mol. The highest BCUT2D eigenvalue weighted by molar-refractivity contribution is 6.18. The maximum Gasteiger partial charge on any atom is 0.433 e. The van der Waals surface area contributed by atoms with Gasteiger partial charge in [0.25, 0.3) is 0 Å². The fourth-order valence-corrected chi connectivity index (χ4v) is 1.91. The summed E-state index contributed by atoms with van der Waals surface area (Å²) in [4.78, 5) is 7.27. The molecule has 0 aliphatic rings. The lowest BCUT2D eigenvalue weighted by Gasteiger charge is -2.30. The molecule has 1 N–H and O–H groups in total. The molecule has 3 nitrogen and oxygen atoms in total. The maximum absolute atomic E-state index is 12.5. The summed E-state index contributed by atoms with van der Waals surface area (Å²) < 4.78 is 37.5. The zero-order valence-electron chi connectivity index (χ0n) is 10.2. The topological polar surface area (TPSA) is 37.8 Å². The van der Waals surface area contributed by atoms with Gasteiger partial charge in [0.1, 0.15) is 5.69 Å². The van der Waals surface area contributed by atoms with Crippen molar-refractivity contribution in [3.8, 4) is 0 Å². The third-order valence-corrected chi connectivity index (χ3v) is 3.44. The van der Waals surface area contributed by atoms with Gasteiger partial charge in [-0.3, -0.25) is 0 Å². The van der Waals surface area contributed by atoms with E-state index in [0.717, 1.165) is 12.3 Å². The smallest absolute Gasteiger partial charge is 0.348 e. The summed E-state index contributed by atoms with van der Waals surface area (Å²) in [5.74, 6) is 0.230. The van der Waals surface area contributed by atoms with Gasteiger partial charge in [0.15, 0.2) is 0 Å². The molecule has 0 bridgehead atoms. The standard InChI is InChI=1S/C11H15ClF3N3/c1-3-10(4-2,7-12)18-9-16-6-5-8(17-9)11(13,14)15/h5-6H,3-4,7H2,1-2H3,(H,16,17,18). The van der Waals surface area contributed by atoms with Crippen molar-refractivity contribution in [1.29, 1.82) is 0 Å². The predicted octanol–water partition coefficient (Wildman–Crippen LogP) is 3.70. The van der Waals surface area contributed by atoms with E-state index in [1.807, 2.05) is 13.8 Å². The van der Waals surface area contributed by atoms with Gasteiger partial charge in [-0.25, -0.2) is 9.97 Å². The van der Waals surface area contributed by atoms with Crippen LogP contribution in [0.15, 0.2) is 12.3 Å². The first kappa shape index (κ1) is 15.0. The second-order valence-corrected chi connectivity index (χ2v) is 4.28. The van der Waals surface area contributed by atoms with Gasteiger partial charge in [0, 0.05) is 12.1 Å². The van der Waals surface area contributed by atoms with E-state index < -0.39 is 17.4 Å². The first-order valence-corrected chi connectivity index (χ1v) is 6.14. The van der Waals surface area contributed by atoms with Crippen molar-refractivity contribution in [1.82, 2.24) is 9.97 Å². The van der Waals surface area contributed by atoms with E-state index in [4.69, 9.17) is 11.6 Å². The third-order valence-electron chi connectivity index (χ3n) is 2.93. The Morgan fingerprint density at radius 3 is 2.33 bits per heavy atom. The summed E-state index contributed by atoms with van der Waals surface area (Å²) in [5.41, 5.74) is -1.44. The number of hydrogen-bond donors (Lipinski definition) is 1. The third kappa shape index (κ3) is 3.48. The zero-order chi connectivity index (χ0) is 13.8. The van der Waals surface area contributed by atoms with Crippen molar-refractivity contribution in [2.45, 2.75) is 38.4 Å². The molecule has 102 valence electrons. The number of rotatable bonds is 5. The fourth-order valence-electron chi connectivity index (χ4n) is 1.46. The molecule has 1 rings (SSSR count). The summed E-state index contributed by atoms with van der Waals surface area (Å²) >= 11 is 5.86. The average Bonchev–Trinajstić information content (AvgIpc) is 2.35. The molecule has 7 heteroatoms. The van der Waals surface area contributed by atoms with Gasteiger partial charge in [0.2, 0.25) is 5.95 Å². The van der Waals surface area contributed by atoms with Gasteiger partial charge >= 0.3 is 6.18 Å². The molecule has 0 atom stereocenters. The molecular formula is C11H15ClF3N3. The molecule has 0 aliphatic heterocycles. The summed E-state index contributed by atoms with van der Waals surface area (Å²) in [6.07, 6.45) is -2.04. The van der Waals surface area contributed by atoms with E-state index >= 15 is 0 Å². The van der Waals surface area contributed by atoms with Crippen LogP contribution in [0.2, 0.25) is 0 Å². The second kappa shape index (κ2) is 5.73. The first-order chi connectivity index (χ1) is 8.37. The second-order valence-electron chi connectivity index (χ2n) is 4.01. The molecule has 1 aromatic heterocycles. The summed E-state index contributed by atoms with van der Waals surface area (Å²) in [6, 6.07) is 0.839. The van der Waals surface area contributed by atoms with Crippen LogP contribution in [0.1, 0.15) is 32.4 Å². The Morgan fingerprint density at radius 2 is 1.89 bits per heavy atom. The van der Waals surface area contributed by atoms with E-state index in [1.165, 1.54) is 0 Å². The molecule has 0 fully saturated rings. The molecule has 0 unspecified atom stereocenters. The van der Waals surface area contributed by atoms with E-state index in [0.29, 0.717) is 12.8 Å². The van der Waals surface area contributed by atoms with Crippen LogP contribution in [0.3, 0.4) is 0 Å². The number of aromatic nitrogens is 2. The lowest BCUT2D eigenvalue weighted by atomic mass is 9.95. The number of alkyl halides is 4. The number of nitrogens with one attached hydrogen (secondary N) is 1. The van der Waals surface area contributed by atoms with Gasteiger partial charge in [-0.05, 0) is 18.9 Å². The van der Waals surface area contributed by atoms with Crippen molar-refractivity contribution in [2.75, 3.05) is 11.2 Å². The number of halogens is 4. The van der Waals surface area contributed by atoms with E-state index in [-0.39, 0.29) is 11.8 Å². The van der Waals surface area contributed by atoms with Crippen molar-refractivity contribution in [3.05, 3.63) is 18.0 Å². The number of anilines is 1. The number of nitrogens with zero attached hydrogens (tertiary/aromatic N) is 2. The molecule has 0 saturated carbocycles. The molecule has 1 aromatic rings. The minimum absolute atomic E-state index is 0.0471. The van der Waals surface area contributed by atoms with E-state index in [9.17, 15) is 13.2 Å². The van der Waals surface area contributed by atoms with Crippen LogP contribution in [-0.4, -0.2) is 21.4 Å². The maximum atomic E-state index is 12.5. The van der Waals surface area contributed by atoms with Crippen molar-refractivity contribution < 1.29 is 13.2 Å². The quantitative estimate of drug-likeness (QED) is 0.836. The Balaban J connectivity index is 2.98. The Labute approximate surface area is 109 Å². The fraction of sp³-hybridized carbons (Fsp3) is 0.636. The normalized spacial score (nSPS) is 12.6. The minimum Gasteiger partial charge on any atom is -0.348 e. The number of hydrogen-bond acceptors (Lipinski definition) is 3. The molecule has 0 amide bonds. The SMILES string of the molecule is CCC(CC)(CCl)Nc1nccc(C(F)(F)F)n1. The predicted molar refractivity (Wildman–Crippen MR) is 64.7 cm³/mol. The van der Waals surface area contributed by atoms with Gasteiger partial charge < -0.3 is 5.32 Å². The van der Waals surface area contributed by atoms with Crippen LogP contribution in [0.5, 0.6) is 0 Å². The summed E-state index contributed by atoms with van der Waals surface area (Å²) in [6.45, 7) is 3.82. The highest BCUT2D eigenvalue weighted by atomic mass is 35.5.